The molecule has 1 aromatic carbocycles. The Morgan fingerprint density at radius 2 is 1.91 bits per heavy atom. The molecule has 7 heteroatoms. The van der Waals surface area contributed by atoms with Gasteiger partial charge in [0.2, 0.25) is 0 Å². The average molecular weight is 305 g/mol. The lowest BCUT2D eigenvalue weighted by Gasteiger charge is -2.06. The van der Waals surface area contributed by atoms with Crippen molar-refractivity contribution in [3.63, 3.8) is 0 Å². The highest BCUT2D eigenvalue weighted by Crippen LogP contribution is 2.21. The largest absolute Gasteiger partial charge is 0.318 e. The third kappa shape index (κ3) is 2.20. The van der Waals surface area contributed by atoms with Crippen LogP contribution in [0.5, 0.6) is 0 Å². The molecule has 1 N–H and O–H groups in total. The van der Waals surface area contributed by atoms with Gasteiger partial charge in [-0.2, -0.15) is 0 Å². The third-order valence-corrected chi connectivity index (χ3v) is 3.22. The predicted molar refractivity (Wildman–Crippen MR) is 74.2 cm³/mol. The first-order chi connectivity index (χ1) is 10.5. The van der Waals surface area contributed by atoms with Gasteiger partial charge in [-0.1, -0.05) is 6.07 Å². The summed E-state index contributed by atoms with van der Waals surface area (Å²) in [5.74, 6) is -4.54. The van der Waals surface area contributed by atoms with Crippen LogP contribution in [0.25, 0.3) is 5.52 Å². The van der Waals surface area contributed by atoms with Crippen LogP contribution >= 0.6 is 0 Å². The van der Waals surface area contributed by atoms with E-state index in [1.54, 1.807) is 35.7 Å². The standard InChI is InChI=1S/C15H10F3N3O/c1-8-19-14(11-4-2-3-7-21(8)11)15(22)20-10-6-5-9(16)12(17)13(10)18/h2-7H,1H3,(H,20,22). The summed E-state index contributed by atoms with van der Waals surface area (Å²) in [6.07, 6.45) is 1.73. The number of fused-ring (bicyclic) bond motifs is 1. The molecule has 0 aliphatic heterocycles. The molecule has 2 heterocycles. The van der Waals surface area contributed by atoms with Crippen LogP contribution in [-0.2, 0) is 0 Å². The van der Waals surface area contributed by atoms with Crippen molar-refractivity contribution in [1.29, 1.82) is 0 Å². The summed E-state index contributed by atoms with van der Waals surface area (Å²) in [4.78, 5) is 16.3. The van der Waals surface area contributed by atoms with Crippen molar-refractivity contribution in [1.82, 2.24) is 9.38 Å². The summed E-state index contributed by atoms with van der Waals surface area (Å²) < 4.78 is 41.4. The summed E-state index contributed by atoms with van der Waals surface area (Å²) >= 11 is 0. The van der Waals surface area contributed by atoms with E-state index in [0.717, 1.165) is 12.1 Å². The van der Waals surface area contributed by atoms with Crippen LogP contribution in [-0.4, -0.2) is 15.3 Å². The molecule has 0 aliphatic rings. The fourth-order valence-electron chi connectivity index (χ4n) is 2.16. The average Bonchev–Trinajstić information content (AvgIpc) is 2.86. The van der Waals surface area contributed by atoms with E-state index < -0.39 is 29.0 Å². The molecule has 0 bridgehead atoms. The number of rotatable bonds is 2. The lowest BCUT2D eigenvalue weighted by Crippen LogP contribution is -2.14. The van der Waals surface area contributed by atoms with Gasteiger partial charge in [0.15, 0.2) is 23.1 Å². The fraction of sp³-hybridized carbons (Fsp3) is 0.0667. The second-order valence-corrected chi connectivity index (χ2v) is 4.64. The van der Waals surface area contributed by atoms with Gasteiger partial charge in [-0.05, 0) is 31.2 Å². The molecule has 4 nitrogen and oxygen atoms in total. The molecule has 0 spiro atoms. The minimum atomic E-state index is -1.64. The number of benzene rings is 1. The molecule has 0 saturated carbocycles. The van der Waals surface area contributed by atoms with Crippen molar-refractivity contribution in [2.24, 2.45) is 0 Å². The van der Waals surface area contributed by atoms with Crippen molar-refractivity contribution in [3.8, 4) is 0 Å². The molecule has 3 aromatic rings. The first-order valence-electron chi connectivity index (χ1n) is 6.37. The SMILES string of the molecule is Cc1nc(C(=O)Nc2ccc(F)c(F)c2F)c2ccccn12. The number of imidazole rings is 1. The molecule has 22 heavy (non-hydrogen) atoms. The number of carbonyl (C=O) groups excluding carboxylic acids is 1. The number of aromatic nitrogens is 2. The van der Waals surface area contributed by atoms with E-state index in [4.69, 9.17) is 0 Å². The van der Waals surface area contributed by atoms with Gasteiger partial charge in [0, 0.05) is 6.20 Å². The van der Waals surface area contributed by atoms with E-state index in [1.807, 2.05) is 0 Å². The summed E-state index contributed by atoms with van der Waals surface area (Å²) in [7, 11) is 0. The molecule has 0 fully saturated rings. The Hall–Kier alpha value is -2.83. The number of hydrogen-bond acceptors (Lipinski definition) is 2. The van der Waals surface area contributed by atoms with Crippen LogP contribution in [0.1, 0.15) is 16.3 Å². The van der Waals surface area contributed by atoms with Crippen LogP contribution in [0.15, 0.2) is 36.5 Å². The Balaban J connectivity index is 1.99. The second-order valence-electron chi connectivity index (χ2n) is 4.64. The highest BCUT2D eigenvalue weighted by molar-refractivity contribution is 6.07. The normalized spacial score (nSPS) is 10.9. The zero-order valence-corrected chi connectivity index (χ0v) is 11.4. The molecule has 2 aromatic heterocycles. The number of halogens is 3. The molecule has 0 unspecified atom stereocenters. The lowest BCUT2D eigenvalue weighted by atomic mass is 10.2. The quantitative estimate of drug-likeness (QED) is 0.738. The molecule has 1 amide bonds. The number of hydrogen-bond donors (Lipinski definition) is 1. The van der Waals surface area contributed by atoms with Crippen molar-refractivity contribution < 1.29 is 18.0 Å². The molecule has 0 atom stereocenters. The topological polar surface area (TPSA) is 46.4 Å². The Morgan fingerprint density at radius 1 is 1.14 bits per heavy atom. The van der Waals surface area contributed by atoms with E-state index in [-0.39, 0.29) is 5.69 Å². The third-order valence-electron chi connectivity index (χ3n) is 3.22. The van der Waals surface area contributed by atoms with Gasteiger partial charge in [-0.3, -0.25) is 4.79 Å². The zero-order valence-electron chi connectivity index (χ0n) is 11.4. The van der Waals surface area contributed by atoms with E-state index in [2.05, 4.69) is 10.3 Å². The summed E-state index contributed by atoms with van der Waals surface area (Å²) in [5.41, 5.74) is 0.154. The van der Waals surface area contributed by atoms with E-state index in [1.165, 1.54) is 0 Å². The molecular weight excluding hydrogens is 295 g/mol. The van der Waals surface area contributed by atoms with E-state index in [9.17, 15) is 18.0 Å². The maximum atomic E-state index is 13.6. The zero-order chi connectivity index (χ0) is 15.9. The predicted octanol–water partition coefficient (Wildman–Crippen LogP) is 3.31. The molecule has 3 rings (SSSR count). The number of carbonyl (C=O) groups is 1. The minimum Gasteiger partial charge on any atom is -0.318 e. The number of aryl methyl sites for hydroxylation is 1. The maximum absolute atomic E-state index is 13.6. The Labute approximate surface area is 123 Å². The Morgan fingerprint density at radius 3 is 2.68 bits per heavy atom. The maximum Gasteiger partial charge on any atom is 0.276 e. The smallest absolute Gasteiger partial charge is 0.276 e. The summed E-state index contributed by atoms with van der Waals surface area (Å²) in [6.45, 7) is 1.71. The minimum absolute atomic E-state index is 0.0715. The van der Waals surface area contributed by atoms with Crippen LogP contribution in [0.3, 0.4) is 0 Å². The Kier molecular flexibility index (Phi) is 3.32. The van der Waals surface area contributed by atoms with Gasteiger partial charge in [-0.15, -0.1) is 0 Å². The molecule has 0 aliphatic carbocycles. The summed E-state index contributed by atoms with van der Waals surface area (Å²) in [5, 5.41) is 2.20. The van der Waals surface area contributed by atoms with E-state index in [0.29, 0.717) is 11.3 Å². The van der Waals surface area contributed by atoms with Crippen molar-refractivity contribution >= 4 is 17.1 Å². The van der Waals surface area contributed by atoms with Crippen molar-refractivity contribution in [2.75, 3.05) is 5.32 Å². The van der Waals surface area contributed by atoms with Crippen molar-refractivity contribution in [2.45, 2.75) is 6.92 Å². The van der Waals surface area contributed by atoms with Gasteiger partial charge in [-0.25, -0.2) is 18.2 Å². The Bertz CT molecular complexity index is 889. The first-order valence-corrected chi connectivity index (χ1v) is 6.37. The van der Waals surface area contributed by atoms with Gasteiger partial charge in [0.1, 0.15) is 5.82 Å². The second kappa shape index (κ2) is 5.18. The molecular formula is C15H10F3N3O. The first kappa shape index (κ1) is 14.1. The van der Waals surface area contributed by atoms with Crippen LogP contribution in [0.2, 0.25) is 0 Å². The van der Waals surface area contributed by atoms with Crippen LogP contribution in [0.4, 0.5) is 18.9 Å². The van der Waals surface area contributed by atoms with Crippen LogP contribution in [0, 0.1) is 24.4 Å². The van der Waals surface area contributed by atoms with E-state index >= 15 is 0 Å². The monoisotopic (exact) mass is 305 g/mol. The molecule has 0 radical (unpaired) electrons. The number of nitrogens with one attached hydrogen (secondary N) is 1. The molecule has 0 saturated heterocycles. The van der Waals surface area contributed by atoms with Gasteiger partial charge >= 0.3 is 0 Å². The van der Waals surface area contributed by atoms with Gasteiger partial charge < -0.3 is 9.72 Å². The number of nitrogens with zero attached hydrogens (tertiary/aromatic N) is 2. The highest BCUT2D eigenvalue weighted by Gasteiger charge is 2.19. The van der Waals surface area contributed by atoms with Gasteiger partial charge in [0.05, 0.1) is 11.2 Å². The van der Waals surface area contributed by atoms with Gasteiger partial charge in [0.25, 0.3) is 5.91 Å². The van der Waals surface area contributed by atoms with Crippen LogP contribution < -0.4 is 5.32 Å². The lowest BCUT2D eigenvalue weighted by molar-refractivity contribution is 0.102. The fourth-order valence-corrected chi connectivity index (χ4v) is 2.16. The number of anilines is 1. The van der Waals surface area contributed by atoms with Crippen molar-refractivity contribution in [3.05, 3.63) is 65.5 Å². The number of pyridine rings is 1. The highest BCUT2D eigenvalue weighted by atomic mass is 19.2. The molecule has 112 valence electrons. The summed E-state index contributed by atoms with van der Waals surface area (Å²) in [6, 6.07) is 6.88. The number of amides is 1.